The Labute approximate surface area is 78.7 Å². The van der Waals surface area contributed by atoms with E-state index in [4.69, 9.17) is 6.42 Å². The zero-order valence-electron chi connectivity index (χ0n) is 7.88. The number of hydrogen-bond donors (Lipinski definition) is 0. The Morgan fingerprint density at radius 3 is 2.23 bits per heavy atom. The summed E-state index contributed by atoms with van der Waals surface area (Å²) in [5.41, 5.74) is 0. The molecule has 1 aliphatic carbocycles. The molecule has 1 saturated carbocycles. The van der Waals surface area contributed by atoms with Crippen molar-refractivity contribution in [2.45, 2.75) is 32.6 Å². The SMILES string of the molecule is C#CC(=O)C1CCCCC1C(C)=O. The highest BCUT2D eigenvalue weighted by Gasteiger charge is 2.32. The van der Waals surface area contributed by atoms with E-state index in [1.165, 1.54) is 0 Å². The van der Waals surface area contributed by atoms with Gasteiger partial charge in [-0.25, -0.2) is 0 Å². The second-order valence-electron chi connectivity index (χ2n) is 3.62. The molecule has 0 N–H and O–H groups in total. The molecule has 1 rings (SSSR count). The van der Waals surface area contributed by atoms with Gasteiger partial charge in [0.2, 0.25) is 5.78 Å². The highest BCUT2D eigenvalue weighted by molar-refractivity contribution is 5.99. The molecule has 0 radical (unpaired) electrons. The first kappa shape index (κ1) is 9.98. The molecule has 70 valence electrons. The summed E-state index contributed by atoms with van der Waals surface area (Å²) >= 11 is 0. The fourth-order valence-electron chi connectivity index (χ4n) is 2.04. The maximum atomic E-state index is 11.3. The number of Topliss-reactive ketones (excluding diaryl/α,β-unsaturated/α-hetero) is 2. The molecule has 0 bridgehead atoms. The molecule has 0 aromatic heterocycles. The van der Waals surface area contributed by atoms with Crippen molar-refractivity contribution in [1.82, 2.24) is 0 Å². The van der Waals surface area contributed by atoms with Gasteiger partial charge in [0.15, 0.2) is 0 Å². The van der Waals surface area contributed by atoms with Crippen LogP contribution in [0.2, 0.25) is 0 Å². The minimum atomic E-state index is -0.198. The molecule has 2 atom stereocenters. The van der Waals surface area contributed by atoms with E-state index in [1.807, 2.05) is 0 Å². The van der Waals surface area contributed by atoms with Gasteiger partial charge in [-0.2, -0.15) is 0 Å². The van der Waals surface area contributed by atoms with Crippen molar-refractivity contribution in [2.75, 3.05) is 0 Å². The Bertz CT molecular complexity index is 260. The van der Waals surface area contributed by atoms with Crippen molar-refractivity contribution >= 4 is 11.6 Å². The van der Waals surface area contributed by atoms with E-state index < -0.39 is 0 Å². The molecule has 0 heterocycles. The minimum absolute atomic E-state index is 0.105. The van der Waals surface area contributed by atoms with Crippen LogP contribution in [-0.4, -0.2) is 11.6 Å². The number of ketones is 2. The van der Waals surface area contributed by atoms with Gasteiger partial charge in [0.25, 0.3) is 0 Å². The molecule has 0 amide bonds. The van der Waals surface area contributed by atoms with Gasteiger partial charge >= 0.3 is 0 Å². The van der Waals surface area contributed by atoms with Crippen LogP contribution in [0.25, 0.3) is 0 Å². The van der Waals surface area contributed by atoms with Crippen molar-refractivity contribution in [3.8, 4) is 12.3 Å². The van der Waals surface area contributed by atoms with Crippen molar-refractivity contribution < 1.29 is 9.59 Å². The minimum Gasteiger partial charge on any atom is -0.300 e. The predicted molar refractivity (Wildman–Crippen MR) is 50.0 cm³/mol. The second-order valence-corrected chi connectivity index (χ2v) is 3.62. The predicted octanol–water partition coefficient (Wildman–Crippen LogP) is 1.58. The second kappa shape index (κ2) is 4.23. The molecule has 0 spiro atoms. The molecule has 2 unspecified atom stereocenters. The molecule has 0 aromatic carbocycles. The van der Waals surface area contributed by atoms with Gasteiger partial charge in [-0.15, -0.1) is 6.42 Å². The monoisotopic (exact) mass is 178 g/mol. The Morgan fingerprint density at radius 1 is 1.23 bits per heavy atom. The van der Waals surface area contributed by atoms with Crippen LogP contribution in [0, 0.1) is 24.2 Å². The van der Waals surface area contributed by atoms with E-state index in [9.17, 15) is 9.59 Å². The van der Waals surface area contributed by atoms with Crippen LogP contribution >= 0.6 is 0 Å². The summed E-state index contributed by atoms with van der Waals surface area (Å²) in [5, 5.41) is 0. The summed E-state index contributed by atoms with van der Waals surface area (Å²) < 4.78 is 0. The van der Waals surface area contributed by atoms with Crippen molar-refractivity contribution in [3.63, 3.8) is 0 Å². The fraction of sp³-hybridized carbons (Fsp3) is 0.636. The van der Waals surface area contributed by atoms with Crippen molar-refractivity contribution in [3.05, 3.63) is 0 Å². The van der Waals surface area contributed by atoms with E-state index in [0.717, 1.165) is 25.7 Å². The summed E-state index contributed by atoms with van der Waals surface area (Å²) in [5.74, 6) is 1.73. The van der Waals surface area contributed by atoms with Crippen LogP contribution in [0.1, 0.15) is 32.6 Å². The first-order valence-electron chi connectivity index (χ1n) is 4.67. The van der Waals surface area contributed by atoms with Crippen LogP contribution in [0.15, 0.2) is 0 Å². The smallest absolute Gasteiger partial charge is 0.208 e. The molecule has 0 aromatic rings. The molecule has 2 nitrogen and oxygen atoms in total. The third-order valence-electron chi connectivity index (χ3n) is 2.77. The Kier molecular flexibility index (Phi) is 3.25. The van der Waals surface area contributed by atoms with Gasteiger partial charge in [-0.1, -0.05) is 12.8 Å². The standard InChI is InChI=1S/C11H14O2/c1-3-11(13)10-7-5-4-6-9(10)8(2)12/h1,9-10H,4-7H2,2H3. The van der Waals surface area contributed by atoms with Gasteiger partial charge in [-0.05, 0) is 25.7 Å². The first-order chi connectivity index (χ1) is 6.16. The van der Waals surface area contributed by atoms with Crippen LogP contribution in [-0.2, 0) is 9.59 Å². The van der Waals surface area contributed by atoms with Crippen LogP contribution < -0.4 is 0 Å². The largest absolute Gasteiger partial charge is 0.300 e. The lowest BCUT2D eigenvalue weighted by atomic mass is 9.75. The molecule has 2 heteroatoms. The Morgan fingerprint density at radius 2 is 1.77 bits per heavy atom. The van der Waals surface area contributed by atoms with Gasteiger partial charge in [0.1, 0.15) is 5.78 Å². The normalized spacial score (nSPS) is 27.7. The summed E-state index contributed by atoms with van der Waals surface area (Å²) in [6, 6.07) is 0. The molecular weight excluding hydrogens is 164 g/mol. The summed E-state index contributed by atoms with van der Waals surface area (Å²) in [6.45, 7) is 1.55. The quantitative estimate of drug-likeness (QED) is 0.475. The van der Waals surface area contributed by atoms with E-state index in [2.05, 4.69) is 5.92 Å². The average Bonchev–Trinajstić information content (AvgIpc) is 2.16. The Hall–Kier alpha value is -1.10. The average molecular weight is 178 g/mol. The van der Waals surface area contributed by atoms with E-state index >= 15 is 0 Å². The summed E-state index contributed by atoms with van der Waals surface area (Å²) in [7, 11) is 0. The van der Waals surface area contributed by atoms with E-state index in [0.29, 0.717) is 0 Å². The maximum absolute atomic E-state index is 11.3. The third-order valence-corrected chi connectivity index (χ3v) is 2.77. The molecule has 13 heavy (non-hydrogen) atoms. The Balaban J connectivity index is 2.74. The van der Waals surface area contributed by atoms with Crippen LogP contribution in [0.5, 0.6) is 0 Å². The highest BCUT2D eigenvalue weighted by Crippen LogP contribution is 2.31. The number of hydrogen-bond acceptors (Lipinski definition) is 2. The number of carbonyl (C=O) groups excluding carboxylic acids is 2. The van der Waals surface area contributed by atoms with Gasteiger partial charge < -0.3 is 0 Å². The van der Waals surface area contributed by atoms with Crippen molar-refractivity contribution in [2.24, 2.45) is 11.8 Å². The van der Waals surface area contributed by atoms with Crippen LogP contribution in [0.3, 0.4) is 0 Å². The zero-order chi connectivity index (χ0) is 9.84. The molecule has 0 aliphatic heterocycles. The topological polar surface area (TPSA) is 34.1 Å². The van der Waals surface area contributed by atoms with E-state index in [-0.39, 0.29) is 23.4 Å². The van der Waals surface area contributed by atoms with Gasteiger partial charge in [0, 0.05) is 11.8 Å². The number of rotatable bonds is 2. The third kappa shape index (κ3) is 2.18. The lowest BCUT2D eigenvalue weighted by Crippen LogP contribution is -2.30. The van der Waals surface area contributed by atoms with E-state index in [1.54, 1.807) is 6.92 Å². The van der Waals surface area contributed by atoms with Crippen LogP contribution in [0.4, 0.5) is 0 Å². The molecule has 1 fully saturated rings. The summed E-state index contributed by atoms with van der Waals surface area (Å²) in [6.07, 6.45) is 8.72. The van der Waals surface area contributed by atoms with Gasteiger partial charge in [-0.3, -0.25) is 9.59 Å². The van der Waals surface area contributed by atoms with Crippen molar-refractivity contribution in [1.29, 1.82) is 0 Å². The first-order valence-corrected chi connectivity index (χ1v) is 4.67. The maximum Gasteiger partial charge on any atom is 0.208 e. The lowest BCUT2D eigenvalue weighted by molar-refractivity contribution is -0.130. The fourth-order valence-corrected chi connectivity index (χ4v) is 2.04. The van der Waals surface area contributed by atoms with Gasteiger partial charge in [0.05, 0.1) is 0 Å². The highest BCUT2D eigenvalue weighted by atomic mass is 16.1. The number of carbonyl (C=O) groups is 2. The molecular formula is C11H14O2. The number of terminal acetylenes is 1. The molecule has 0 saturated heterocycles. The zero-order valence-corrected chi connectivity index (χ0v) is 7.88. The molecule has 1 aliphatic rings. The lowest BCUT2D eigenvalue weighted by Gasteiger charge is -2.26. The summed E-state index contributed by atoms with van der Waals surface area (Å²) in [4.78, 5) is 22.5.